The van der Waals surface area contributed by atoms with Crippen molar-refractivity contribution in [3.8, 4) is 0 Å². The van der Waals surface area contributed by atoms with Crippen molar-refractivity contribution in [1.29, 1.82) is 0 Å². The molecule has 6 heteroatoms. The minimum Gasteiger partial charge on any atom is -0.379 e. The second kappa shape index (κ2) is 29.5. The first-order valence-corrected chi connectivity index (χ1v) is 18.5. The van der Waals surface area contributed by atoms with E-state index in [1.165, 1.54) is 109 Å². The van der Waals surface area contributed by atoms with Crippen LogP contribution in [-0.2, 0) is 14.2 Å². The summed E-state index contributed by atoms with van der Waals surface area (Å²) in [6.45, 7) is 20.1. The molecule has 0 saturated carbocycles. The fourth-order valence-corrected chi connectivity index (χ4v) is 6.14. The molecule has 0 aromatic carbocycles. The van der Waals surface area contributed by atoms with E-state index in [0.29, 0.717) is 12.1 Å². The first-order chi connectivity index (χ1) is 20.6. The van der Waals surface area contributed by atoms with Crippen LogP contribution < -0.4 is 0 Å². The lowest BCUT2D eigenvalue weighted by molar-refractivity contribution is 0.0236. The second-order valence-corrected chi connectivity index (χ2v) is 13.0. The first kappa shape index (κ1) is 39.8. The molecule has 6 nitrogen and oxygen atoms in total. The summed E-state index contributed by atoms with van der Waals surface area (Å²) in [5.41, 5.74) is 0. The Hall–Kier alpha value is -0.240. The van der Waals surface area contributed by atoms with E-state index in [-0.39, 0.29) is 0 Å². The number of rotatable bonds is 19. The third-order valence-corrected chi connectivity index (χ3v) is 9.22. The molecule has 0 N–H and O–H groups in total. The molecule has 1 unspecified atom stereocenters. The van der Waals surface area contributed by atoms with Crippen molar-refractivity contribution in [3.05, 3.63) is 0 Å². The lowest BCUT2D eigenvalue weighted by atomic mass is 9.99. The number of nitrogens with zero attached hydrogens (tertiary/aromatic N) is 3. The van der Waals surface area contributed by atoms with E-state index in [0.717, 1.165) is 78.9 Å². The smallest absolute Gasteiger partial charge is 0.0594 e. The molecule has 0 spiro atoms. The van der Waals surface area contributed by atoms with Crippen LogP contribution in [0.5, 0.6) is 0 Å². The van der Waals surface area contributed by atoms with Gasteiger partial charge in [-0.05, 0) is 33.2 Å². The van der Waals surface area contributed by atoms with Gasteiger partial charge >= 0.3 is 0 Å². The van der Waals surface area contributed by atoms with Gasteiger partial charge in [0.25, 0.3) is 0 Å². The largest absolute Gasteiger partial charge is 0.379 e. The Kier molecular flexibility index (Phi) is 27.9. The van der Waals surface area contributed by atoms with E-state index in [1.807, 2.05) is 0 Å². The lowest BCUT2D eigenvalue weighted by Crippen LogP contribution is -2.41. The van der Waals surface area contributed by atoms with Crippen molar-refractivity contribution in [3.63, 3.8) is 0 Å². The van der Waals surface area contributed by atoms with Gasteiger partial charge in [-0.2, -0.15) is 0 Å². The van der Waals surface area contributed by atoms with Gasteiger partial charge in [-0.3, -0.25) is 9.80 Å². The molecule has 1 aliphatic rings. The fourth-order valence-electron chi connectivity index (χ4n) is 6.14. The zero-order valence-corrected chi connectivity index (χ0v) is 29.2. The summed E-state index contributed by atoms with van der Waals surface area (Å²) in [5, 5.41) is 0. The molecule has 0 aliphatic carbocycles. The molecule has 1 saturated heterocycles. The summed E-state index contributed by atoms with van der Waals surface area (Å²) in [6.07, 6.45) is 22.9. The van der Waals surface area contributed by atoms with E-state index in [1.54, 1.807) is 0 Å². The molecule has 0 bridgehead atoms. The molecular weight excluding hydrogens is 522 g/mol. The summed E-state index contributed by atoms with van der Waals surface area (Å²) in [5.74, 6) is 0. The predicted octanol–water partition coefficient (Wildman–Crippen LogP) is 8.03. The highest BCUT2D eigenvalue weighted by molar-refractivity contribution is 4.74. The fraction of sp³-hybridized carbons (Fsp3) is 1.00. The van der Waals surface area contributed by atoms with Crippen molar-refractivity contribution < 1.29 is 14.2 Å². The molecule has 0 aromatic heterocycles. The highest BCUT2D eigenvalue weighted by Crippen LogP contribution is 2.19. The molecule has 0 aromatic rings. The molecule has 1 atom stereocenters. The van der Waals surface area contributed by atoms with Crippen LogP contribution in [0.2, 0.25) is 0 Å². The Morgan fingerprint density at radius 1 is 0.452 bits per heavy atom. The number of hydrogen-bond donors (Lipinski definition) is 0. The molecule has 1 heterocycles. The van der Waals surface area contributed by atoms with Crippen molar-refractivity contribution in [2.24, 2.45) is 0 Å². The minimum absolute atomic E-state index is 0.584. The van der Waals surface area contributed by atoms with Gasteiger partial charge in [0.15, 0.2) is 0 Å². The molecule has 42 heavy (non-hydrogen) atoms. The zero-order chi connectivity index (χ0) is 30.5. The van der Waals surface area contributed by atoms with Gasteiger partial charge in [-0.1, -0.05) is 111 Å². The summed E-state index contributed by atoms with van der Waals surface area (Å²) in [4.78, 5) is 7.69. The van der Waals surface area contributed by atoms with E-state index in [2.05, 4.69) is 49.4 Å². The van der Waals surface area contributed by atoms with Crippen LogP contribution in [0.3, 0.4) is 0 Å². The summed E-state index contributed by atoms with van der Waals surface area (Å²) >= 11 is 0. The third kappa shape index (κ3) is 22.3. The zero-order valence-electron chi connectivity index (χ0n) is 29.2. The maximum Gasteiger partial charge on any atom is 0.0594 e. The van der Waals surface area contributed by atoms with Crippen LogP contribution in [0.25, 0.3) is 0 Å². The SMILES string of the molecule is CCCCCCCC(CCCCCCC)N1CCOCCN(C)CCOCCN(C(C)CCCCCC)CCOCC1. The van der Waals surface area contributed by atoms with Crippen molar-refractivity contribution in [2.75, 3.05) is 86.0 Å². The summed E-state index contributed by atoms with van der Waals surface area (Å²) in [7, 11) is 2.19. The van der Waals surface area contributed by atoms with Crippen molar-refractivity contribution in [1.82, 2.24) is 14.7 Å². The quantitative estimate of drug-likeness (QED) is 0.140. The monoisotopic (exact) mass is 598 g/mol. The standard InChI is InChI=1S/C36H75N3O3/c1-6-9-12-15-18-21-36(22-19-16-13-10-7-2)39-27-33-41-30-24-37(5)23-29-40-31-25-38(26-32-42-34-28-39)35(4)20-17-14-11-8-3/h35-36H,6-34H2,1-5H3. The molecule has 0 amide bonds. The first-order valence-electron chi connectivity index (χ1n) is 18.5. The summed E-state index contributed by atoms with van der Waals surface area (Å²) < 4.78 is 18.6. The Morgan fingerprint density at radius 2 is 0.810 bits per heavy atom. The minimum atomic E-state index is 0.584. The van der Waals surface area contributed by atoms with Gasteiger partial charge in [0.05, 0.1) is 39.6 Å². The molecule has 252 valence electrons. The van der Waals surface area contributed by atoms with Crippen LogP contribution in [0.1, 0.15) is 137 Å². The average Bonchev–Trinajstić information content (AvgIpc) is 2.99. The lowest BCUT2D eigenvalue weighted by Gasteiger charge is -2.33. The van der Waals surface area contributed by atoms with Gasteiger partial charge in [0.2, 0.25) is 0 Å². The van der Waals surface area contributed by atoms with Crippen LogP contribution >= 0.6 is 0 Å². The number of likely N-dealkylation sites (N-methyl/N-ethyl adjacent to an activating group) is 1. The Balaban J connectivity index is 2.77. The average molecular weight is 598 g/mol. The normalized spacial score (nSPS) is 19.6. The molecular formula is C36H75N3O3. The van der Waals surface area contributed by atoms with Gasteiger partial charge in [0.1, 0.15) is 0 Å². The summed E-state index contributed by atoms with van der Waals surface area (Å²) in [6, 6.07) is 1.24. The number of unbranched alkanes of at least 4 members (excludes halogenated alkanes) is 11. The van der Waals surface area contributed by atoms with Crippen LogP contribution in [0.15, 0.2) is 0 Å². The van der Waals surface area contributed by atoms with Crippen LogP contribution in [0.4, 0.5) is 0 Å². The van der Waals surface area contributed by atoms with E-state index >= 15 is 0 Å². The number of hydrogen-bond acceptors (Lipinski definition) is 6. The Labute approximate surface area is 263 Å². The highest BCUT2D eigenvalue weighted by Gasteiger charge is 2.19. The van der Waals surface area contributed by atoms with E-state index in [4.69, 9.17) is 14.2 Å². The van der Waals surface area contributed by atoms with E-state index < -0.39 is 0 Å². The molecule has 1 fully saturated rings. The highest BCUT2D eigenvalue weighted by atomic mass is 16.5. The Bertz CT molecular complexity index is 539. The van der Waals surface area contributed by atoms with Gasteiger partial charge in [-0.25, -0.2) is 0 Å². The van der Waals surface area contributed by atoms with Gasteiger partial charge in [0, 0.05) is 51.4 Å². The van der Waals surface area contributed by atoms with E-state index in [9.17, 15) is 0 Å². The van der Waals surface area contributed by atoms with Gasteiger partial charge < -0.3 is 19.1 Å². The molecule has 1 aliphatic heterocycles. The molecule has 1 rings (SSSR count). The maximum absolute atomic E-state index is 6.34. The third-order valence-electron chi connectivity index (χ3n) is 9.22. The number of ether oxygens (including phenoxy) is 3. The topological polar surface area (TPSA) is 37.4 Å². The van der Waals surface area contributed by atoms with Crippen LogP contribution in [0, 0.1) is 0 Å². The van der Waals surface area contributed by atoms with Gasteiger partial charge in [-0.15, -0.1) is 0 Å². The molecule has 0 radical (unpaired) electrons. The maximum atomic E-state index is 6.34. The van der Waals surface area contributed by atoms with Crippen LogP contribution in [-0.4, -0.2) is 113 Å². The predicted molar refractivity (Wildman–Crippen MR) is 182 cm³/mol. The second-order valence-electron chi connectivity index (χ2n) is 13.0. The Morgan fingerprint density at radius 3 is 1.26 bits per heavy atom. The van der Waals surface area contributed by atoms with Crippen molar-refractivity contribution in [2.45, 2.75) is 149 Å². The van der Waals surface area contributed by atoms with Crippen molar-refractivity contribution >= 4 is 0 Å².